The van der Waals surface area contributed by atoms with Crippen LogP contribution in [0.5, 0.6) is 0 Å². The number of hydrogen-bond acceptors (Lipinski definition) is 4. The first kappa shape index (κ1) is 8.83. The van der Waals surface area contributed by atoms with Gasteiger partial charge in [0.15, 0.2) is 0 Å². The molecule has 1 saturated heterocycles. The highest BCUT2D eigenvalue weighted by molar-refractivity contribution is 5.82. The molecule has 68 valence electrons. The van der Waals surface area contributed by atoms with E-state index in [9.17, 15) is 9.59 Å². The van der Waals surface area contributed by atoms with E-state index in [1.807, 2.05) is 0 Å². The van der Waals surface area contributed by atoms with Gasteiger partial charge in [-0.2, -0.15) is 0 Å². The fourth-order valence-corrected chi connectivity index (χ4v) is 0.945. The SMILES string of the molecule is CCOC(=O)[C@H]1CCOC(=O)N1. The summed E-state index contributed by atoms with van der Waals surface area (Å²) in [4.78, 5) is 21.7. The monoisotopic (exact) mass is 173 g/mol. The molecule has 0 radical (unpaired) electrons. The third-order valence-corrected chi connectivity index (χ3v) is 1.50. The largest absolute Gasteiger partial charge is 0.464 e. The Morgan fingerprint density at radius 3 is 3.17 bits per heavy atom. The van der Waals surface area contributed by atoms with Crippen molar-refractivity contribution in [3.63, 3.8) is 0 Å². The van der Waals surface area contributed by atoms with Gasteiger partial charge in [0.2, 0.25) is 0 Å². The average Bonchev–Trinajstić information content (AvgIpc) is 2.05. The molecule has 1 amide bonds. The summed E-state index contributed by atoms with van der Waals surface area (Å²) in [6.07, 6.45) is -0.0794. The first-order chi connectivity index (χ1) is 5.74. The number of carbonyl (C=O) groups is 2. The zero-order valence-electron chi connectivity index (χ0n) is 6.83. The lowest BCUT2D eigenvalue weighted by Crippen LogP contribution is -2.46. The maximum Gasteiger partial charge on any atom is 0.407 e. The number of carbonyl (C=O) groups excluding carboxylic acids is 2. The molecular formula is C7H11NO4. The Morgan fingerprint density at radius 2 is 2.58 bits per heavy atom. The molecule has 0 aliphatic carbocycles. The molecule has 0 bridgehead atoms. The summed E-state index contributed by atoms with van der Waals surface area (Å²) in [7, 11) is 0. The summed E-state index contributed by atoms with van der Waals surface area (Å²) in [5.41, 5.74) is 0. The minimum absolute atomic E-state index is 0.273. The van der Waals surface area contributed by atoms with Gasteiger partial charge in [0.1, 0.15) is 6.04 Å². The van der Waals surface area contributed by atoms with Crippen molar-refractivity contribution < 1.29 is 19.1 Å². The predicted octanol–water partition coefficient (Wildman–Crippen LogP) is 0.0480. The normalized spacial score (nSPS) is 22.4. The number of ether oxygens (including phenoxy) is 2. The molecule has 1 N–H and O–H groups in total. The maximum atomic E-state index is 11.1. The molecule has 1 rings (SSSR count). The second-order valence-electron chi connectivity index (χ2n) is 2.37. The van der Waals surface area contributed by atoms with Crippen LogP contribution in [0.3, 0.4) is 0 Å². The van der Waals surface area contributed by atoms with Crippen molar-refractivity contribution in [1.29, 1.82) is 0 Å². The van der Waals surface area contributed by atoms with Crippen LogP contribution in [0.2, 0.25) is 0 Å². The van der Waals surface area contributed by atoms with Gasteiger partial charge in [-0.1, -0.05) is 0 Å². The van der Waals surface area contributed by atoms with Crippen LogP contribution in [0.25, 0.3) is 0 Å². The summed E-state index contributed by atoms with van der Waals surface area (Å²) in [5.74, 6) is -0.394. The fourth-order valence-electron chi connectivity index (χ4n) is 0.945. The second-order valence-corrected chi connectivity index (χ2v) is 2.37. The first-order valence-electron chi connectivity index (χ1n) is 3.84. The van der Waals surface area contributed by atoms with Gasteiger partial charge in [-0.15, -0.1) is 0 Å². The van der Waals surface area contributed by atoms with Gasteiger partial charge in [0, 0.05) is 6.42 Å². The number of cyclic esters (lactones) is 1. The number of nitrogens with one attached hydrogen (secondary N) is 1. The summed E-state index contributed by atoms with van der Waals surface area (Å²) in [5, 5.41) is 2.37. The zero-order valence-corrected chi connectivity index (χ0v) is 6.83. The Kier molecular flexibility index (Phi) is 2.90. The minimum atomic E-state index is -0.556. The van der Waals surface area contributed by atoms with Crippen LogP contribution in [-0.4, -0.2) is 31.3 Å². The van der Waals surface area contributed by atoms with Gasteiger partial charge >= 0.3 is 12.1 Å². The van der Waals surface area contributed by atoms with Crippen LogP contribution in [0.4, 0.5) is 4.79 Å². The van der Waals surface area contributed by atoms with Gasteiger partial charge in [-0.05, 0) is 6.92 Å². The van der Waals surface area contributed by atoms with E-state index in [1.165, 1.54) is 0 Å². The Hall–Kier alpha value is -1.26. The smallest absolute Gasteiger partial charge is 0.407 e. The van der Waals surface area contributed by atoms with Crippen molar-refractivity contribution in [1.82, 2.24) is 5.32 Å². The summed E-state index contributed by atoms with van der Waals surface area (Å²) in [6, 6.07) is -0.536. The molecule has 12 heavy (non-hydrogen) atoms. The fraction of sp³-hybridized carbons (Fsp3) is 0.714. The second kappa shape index (κ2) is 3.94. The van der Waals surface area contributed by atoms with Gasteiger partial charge < -0.3 is 14.8 Å². The molecule has 5 heteroatoms. The van der Waals surface area contributed by atoms with Crippen molar-refractivity contribution in [2.75, 3.05) is 13.2 Å². The van der Waals surface area contributed by atoms with Gasteiger partial charge in [0.05, 0.1) is 13.2 Å². The first-order valence-corrected chi connectivity index (χ1v) is 3.84. The number of amides is 1. The van der Waals surface area contributed by atoms with Crippen LogP contribution >= 0.6 is 0 Å². The van der Waals surface area contributed by atoms with E-state index in [0.29, 0.717) is 13.0 Å². The van der Waals surface area contributed by atoms with E-state index in [0.717, 1.165) is 0 Å². The Morgan fingerprint density at radius 1 is 1.83 bits per heavy atom. The van der Waals surface area contributed by atoms with Crippen molar-refractivity contribution in [2.45, 2.75) is 19.4 Å². The van der Waals surface area contributed by atoms with Crippen molar-refractivity contribution in [3.8, 4) is 0 Å². The minimum Gasteiger partial charge on any atom is -0.464 e. The number of hydrogen-bond donors (Lipinski definition) is 1. The van der Waals surface area contributed by atoms with E-state index in [4.69, 9.17) is 4.74 Å². The predicted molar refractivity (Wildman–Crippen MR) is 39.5 cm³/mol. The molecule has 1 fully saturated rings. The molecule has 1 aliphatic heterocycles. The lowest BCUT2D eigenvalue weighted by Gasteiger charge is -2.21. The topological polar surface area (TPSA) is 64.6 Å². The molecular weight excluding hydrogens is 162 g/mol. The zero-order chi connectivity index (χ0) is 8.97. The molecule has 0 aromatic rings. The van der Waals surface area contributed by atoms with Crippen molar-refractivity contribution >= 4 is 12.1 Å². The van der Waals surface area contributed by atoms with Crippen molar-refractivity contribution in [3.05, 3.63) is 0 Å². The van der Waals surface area contributed by atoms with Crippen LogP contribution in [0.15, 0.2) is 0 Å². The van der Waals surface area contributed by atoms with Gasteiger partial charge in [-0.3, -0.25) is 0 Å². The van der Waals surface area contributed by atoms with E-state index >= 15 is 0 Å². The van der Waals surface area contributed by atoms with Crippen molar-refractivity contribution in [2.24, 2.45) is 0 Å². The highest BCUT2D eigenvalue weighted by Crippen LogP contribution is 2.02. The van der Waals surface area contributed by atoms with E-state index < -0.39 is 18.1 Å². The molecule has 0 aromatic heterocycles. The Bertz CT molecular complexity index is 192. The van der Waals surface area contributed by atoms with Crippen LogP contribution < -0.4 is 5.32 Å². The molecule has 1 heterocycles. The van der Waals surface area contributed by atoms with Crippen LogP contribution in [0, 0.1) is 0 Å². The molecule has 0 spiro atoms. The lowest BCUT2D eigenvalue weighted by atomic mass is 10.2. The Balaban J connectivity index is 2.40. The molecule has 0 unspecified atom stereocenters. The molecule has 5 nitrogen and oxygen atoms in total. The van der Waals surface area contributed by atoms with E-state index in [1.54, 1.807) is 6.92 Å². The standard InChI is InChI=1S/C7H11NO4/c1-2-11-6(9)5-3-4-12-7(10)8-5/h5H,2-4H2,1H3,(H,8,10)/t5-/m1/s1. The Labute approximate surface area is 70.0 Å². The van der Waals surface area contributed by atoms with Crippen LogP contribution in [-0.2, 0) is 14.3 Å². The molecule has 0 aromatic carbocycles. The number of esters is 1. The molecule has 0 saturated carbocycles. The third kappa shape index (κ3) is 2.11. The van der Waals surface area contributed by atoms with Crippen LogP contribution in [0.1, 0.15) is 13.3 Å². The quantitative estimate of drug-likeness (QED) is 0.599. The number of rotatable bonds is 2. The van der Waals surface area contributed by atoms with E-state index in [-0.39, 0.29) is 6.61 Å². The molecule has 1 atom stereocenters. The highest BCUT2D eigenvalue weighted by atomic mass is 16.6. The molecule has 1 aliphatic rings. The summed E-state index contributed by atoms with van der Waals surface area (Å²) in [6.45, 7) is 2.32. The third-order valence-electron chi connectivity index (χ3n) is 1.50. The summed E-state index contributed by atoms with van der Waals surface area (Å²) >= 11 is 0. The summed E-state index contributed by atoms with van der Waals surface area (Å²) < 4.78 is 9.30. The maximum absolute atomic E-state index is 11.1. The van der Waals surface area contributed by atoms with Gasteiger partial charge in [0.25, 0.3) is 0 Å². The number of alkyl carbamates (subject to hydrolysis) is 1. The van der Waals surface area contributed by atoms with Gasteiger partial charge in [-0.25, -0.2) is 9.59 Å². The highest BCUT2D eigenvalue weighted by Gasteiger charge is 2.26. The average molecular weight is 173 g/mol. The van der Waals surface area contributed by atoms with E-state index in [2.05, 4.69) is 10.1 Å². The lowest BCUT2D eigenvalue weighted by molar-refractivity contribution is -0.146.